The topological polar surface area (TPSA) is 26.0 Å². The first kappa shape index (κ1) is 6.09. The smallest absolute Gasteiger partial charge is 0.00903 e. The zero-order chi connectivity index (χ0) is 6.15. The lowest BCUT2D eigenvalue weighted by Crippen LogP contribution is -2.28. The highest BCUT2D eigenvalue weighted by Gasteiger charge is 2.29. The summed E-state index contributed by atoms with van der Waals surface area (Å²) in [5, 5.41) is 0. The second-order valence-corrected chi connectivity index (χ2v) is 3.16. The van der Waals surface area contributed by atoms with Crippen molar-refractivity contribution in [3.63, 3.8) is 0 Å². The van der Waals surface area contributed by atoms with Crippen molar-refractivity contribution in [3.8, 4) is 0 Å². The summed E-state index contributed by atoms with van der Waals surface area (Å²) in [5.41, 5.74) is 5.82. The molecule has 0 amide bonds. The van der Waals surface area contributed by atoms with Crippen LogP contribution in [0.2, 0.25) is 0 Å². The fourth-order valence-electron chi connectivity index (χ4n) is 1.03. The molecule has 1 fully saturated rings. The average molecular weight is 113 g/mol. The predicted octanol–water partition coefficient (Wildman–Crippen LogP) is 1.38. The zero-order valence-electron chi connectivity index (χ0n) is 5.72. The van der Waals surface area contributed by atoms with Crippen molar-refractivity contribution in [1.29, 1.82) is 0 Å². The van der Waals surface area contributed by atoms with Crippen molar-refractivity contribution in [2.24, 2.45) is 17.6 Å². The molecule has 1 aliphatic carbocycles. The molecular formula is C7H15N. The van der Waals surface area contributed by atoms with Crippen LogP contribution in [0.25, 0.3) is 0 Å². The molecule has 1 heteroatoms. The number of rotatable bonds is 2. The molecule has 0 spiro atoms. The lowest BCUT2D eigenvalue weighted by molar-refractivity contribution is 0.447. The molecule has 0 heterocycles. The lowest BCUT2D eigenvalue weighted by Gasteiger charge is -2.12. The highest BCUT2D eigenvalue weighted by Crippen LogP contribution is 2.34. The molecule has 1 aliphatic rings. The second-order valence-electron chi connectivity index (χ2n) is 3.16. The quantitative estimate of drug-likeness (QED) is 0.575. The fraction of sp³-hybridized carbons (Fsp3) is 1.00. The van der Waals surface area contributed by atoms with Crippen molar-refractivity contribution >= 4 is 0 Å². The van der Waals surface area contributed by atoms with E-state index in [1.54, 1.807) is 0 Å². The van der Waals surface area contributed by atoms with Gasteiger partial charge in [0.15, 0.2) is 0 Å². The van der Waals surface area contributed by atoms with E-state index in [1.807, 2.05) is 0 Å². The first-order chi connectivity index (χ1) is 3.72. The third-order valence-electron chi connectivity index (χ3n) is 1.94. The molecule has 8 heavy (non-hydrogen) atoms. The van der Waals surface area contributed by atoms with Gasteiger partial charge < -0.3 is 5.73 Å². The van der Waals surface area contributed by atoms with E-state index in [0.29, 0.717) is 12.0 Å². The Bertz CT molecular complexity index is 72.5. The van der Waals surface area contributed by atoms with Gasteiger partial charge in [-0.05, 0) is 24.7 Å². The highest BCUT2D eigenvalue weighted by atomic mass is 14.7. The standard InChI is InChI=1S/C7H15N/c1-5(2)7(8)6-3-4-6/h5-7H,3-4,8H2,1-2H3/t7-/m1/s1. The molecule has 1 rings (SSSR count). The van der Waals surface area contributed by atoms with Crippen molar-refractivity contribution in [2.45, 2.75) is 32.7 Å². The summed E-state index contributed by atoms with van der Waals surface area (Å²) in [6, 6.07) is 0.481. The van der Waals surface area contributed by atoms with E-state index in [2.05, 4.69) is 13.8 Å². The maximum Gasteiger partial charge on any atom is 0.00903 e. The minimum absolute atomic E-state index is 0.481. The predicted molar refractivity (Wildman–Crippen MR) is 35.5 cm³/mol. The largest absolute Gasteiger partial charge is 0.327 e. The monoisotopic (exact) mass is 113 g/mol. The van der Waals surface area contributed by atoms with Crippen molar-refractivity contribution in [3.05, 3.63) is 0 Å². The Morgan fingerprint density at radius 3 is 2.00 bits per heavy atom. The average Bonchev–Trinajstić information content (AvgIpc) is 2.43. The van der Waals surface area contributed by atoms with Gasteiger partial charge in [0.2, 0.25) is 0 Å². The van der Waals surface area contributed by atoms with E-state index in [0.717, 1.165) is 5.92 Å². The van der Waals surface area contributed by atoms with E-state index in [9.17, 15) is 0 Å². The van der Waals surface area contributed by atoms with E-state index < -0.39 is 0 Å². The van der Waals surface area contributed by atoms with Crippen molar-refractivity contribution in [2.75, 3.05) is 0 Å². The van der Waals surface area contributed by atoms with E-state index >= 15 is 0 Å². The van der Waals surface area contributed by atoms with Crippen LogP contribution in [-0.4, -0.2) is 6.04 Å². The molecule has 0 aromatic rings. The van der Waals surface area contributed by atoms with Gasteiger partial charge in [-0.1, -0.05) is 13.8 Å². The molecule has 2 N–H and O–H groups in total. The van der Waals surface area contributed by atoms with E-state index in [4.69, 9.17) is 5.73 Å². The second kappa shape index (κ2) is 2.06. The Balaban J connectivity index is 2.22. The minimum Gasteiger partial charge on any atom is -0.327 e. The Labute approximate surface area is 51.3 Å². The van der Waals surface area contributed by atoms with Crippen LogP contribution in [0, 0.1) is 11.8 Å². The first-order valence-electron chi connectivity index (χ1n) is 3.47. The molecule has 0 saturated heterocycles. The third kappa shape index (κ3) is 1.22. The van der Waals surface area contributed by atoms with Gasteiger partial charge in [-0.25, -0.2) is 0 Å². The highest BCUT2D eigenvalue weighted by molar-refractivity contribution is 4.85. The SMILES string of the molecule is CC(C)[C@@H](N)C1CC1. The van der Waals surface area contributed by atoms with Crippen molar-refractivity contribution in [1.82, 2.24) is 0 Å². The number of hydrogen-bond acceptors (Lipinski definition) is 1. The zero-order valence-corrected chi connectivity index (χ0v) is 5.72. The molecule has 0 aromatic carbocycles. The van der Waals surface area contributed by atoms with Gasteiger partial charge in [0.25, 0.3) is 0 Å². The first-order valence-corrected chi connectivity index (χ1v) is 3.47. The molecule has 48 valence electrons. The molecule has 0 radical (unpaired) electrons. The van der Waals surface area contributed by atoms with Crippen LogP contribution in [0.5, 0.6) is 0 Å². The Morgan fingerprint density at radius 1 is 1.38 bits per heavy atom. The van der Waals surface area contributed by atoms with Crippen LogP contribution in [0.3, 0.4) is 0 Å². The summed E-state index contributed by atoms with van der Waals surface area (Å²) in [6.07, 6.45) is 2.75. The van der Waals surface area contributed by atoms with Gasteiger partial charge in [0.1, 0.15) is 0 Å². The Kier molecular flexibility index (Phi) is 1.57. The molecule has 1 saturated carbocycles. The normalized spacial score (nSPS) is 24.0. The van der Waals surface area contributed by atoms with Crippen LogP contribution in [0.15, 0.2) is 0 Å². The summed E-state index contributed by atoms with van der Waals surface area (Å²) in [6.45, 7) is 4.39. The van der Waals surface area contributed by atoms with Crippen LogP contribution >= 0.6 is 0 Å². The van der Waals surface area contributed by atoms with Crippen LogP contribution in [0.4, 0.5) is 0 Å². The summed E-state index contributed by atoms with van der Waals surface area (Å²) < 4.78 is 0. The van der Waals surface area contributed by atoms with Gasteiger partial charge in [0, 0.05) is 6.04 Å². The molecule has 1 nitrogen and oxygen atoms in total. The summed E-state index contributed by atoms with van der Waals surface area (Å²) in [7, 11) is 0. The van der Waals surface area contributed by atoms with Gasteiger partial charge in [0.05, 0.1) is 0 Å². The van der Waals surface area contributed by atoms with Crippen LogP contribution < -0.4 is 5.73 Å². The molecular weight excluding hydrogens is 98.1 g/mol. The maximum absolute atomic E-state index is 5.82. The lowest BCUT2D eigenvalue weighted by atomic mass is 10.0. The van der Waals surface area contributed by atoms with Gasteiger partial charge in [-0.2, -0.15) is 0 Å². The molecule has 0 unspecified atom stereocenters. The van der Waals surface area contributed by atoms with Gasteiger partial charge >= 0.3 is 0 Å². The molecule has 0 bridgehead atoms. The maximum atomic E-state index is 5.82. The van der Waals surface area contributed by atoms with Gasteiger partial charge in [-0.15, -0.1) is 0 Å². The van der Waals surface area contributed by atoms with E-state index in [-0.39, 0.29) is 0 Å². The van der Waals surface area contributed by atoms with Gasteiger partial charge in [-0.3, -0.25) is 0 Å². The summed E-state index contributed by atoms with van der Waals surface area (Å²) >= 11 is 0. The van der Waals surface area contributed by atoms with Crippen LogP contribution in [0.1, 0.15) is 26.7 Å². The Morgan fingerprint density at radius 2 is 1.88 bits per heavy atom. The summed E-state index contributed by atoms with van der Waals surface area (Å²) in [4.78, 5) is 0. The number of nitrogens with two attached hydrogens (primary N) is 1. The third-order valence-corrected chi connectivity index (χ3v) is 1.94. The van der Waals surface area contributed by atoms with E-state index in [1.165, 1.54) is 12.8 Å². The van der Waals surface area contributed by atoms with Crippen LogP contribution in [-0.2, 0) is 0 Å². The molecule has 0 aliphatic heterocycles. The van der Waals surface area contributed by atoms with Crippen molar-refractivity contribution < 1.29 is 0 Å². The minimum atomic E-state index is 0.481. The molecule has 0 aromatic heterocycles. The fourth-order valence-corrected chi connectivity index (χ4v) is 1.03. The number of hydrogen-bond donors (Lipinski definition) is 1. The summed E-state index contributed by atoms with van der Waals surface area (Å²) in [5.74, 6) is 1.55. The molecule has 1 atom stereocenters. The Hall–Kier alpha value is -0.0400.